The van der Waals surface area contributed by atoms with Gasteiger partial charge in [0.15, 0.2) is 0 Å². The summed E-state index contributed by atoms with van der Waals surface area (Å²) in [7, 11) is 0. The molecule has 0 amide bonds. The number of benzene rings is 7. The molecule has 2 nitrogen and oxygen atoms in total. The van der Waals surface area contributed by atoms with Crippen LogP contribution in [0.15, 0.2) is 156 Å². The van der Waals surface area contributed by atoms with Gasteiger partial charge in [0.1, 0.15) is 11.2 Å². The molecule has 0 saturated heterocycles. The van der Waals surface area contributed by atoms with Gasteiger partial charge in [0.05, 0.1) is 11.4 Å². The minimum Gasteiger partial charge on any atom is -0.456 e. The molecule has 0 N–H and O–H groups in total. The lowest BCUT2D eigenvalue weighted by atomic mass is 9.72. The first-order valence-electron chi connectivity index (χ1n) is 17.6. The van der Waals surface area contributed by atoms with Gasteiger partial charge in [-0.1, -0.05) is 131 Å². The monoisotopic (exact) mass is 643 g/mol. The van der Waals surface area contributed by atoms with Crippen molar-refractivity contribution in [3.8, 4) is 33.4 Å². The van der Waals surface area contributed by atoms with Crippen LogP contribution in [-0.4, -0.2) is 0 Å². The van der Waals surface area contributed by atoms with Gasteiger partial charge in [-0.3, -0.25) is 0 Å². The molecule has 0 unspecified atom stereocenters. The number of rotatable bonds is 3. The maximum Gasteiger partial charge on any atom is 0.135 e. The van der Waals surface area contributed by atoms with Crippen LogP contribution in [-0.2, 0) is 10.8 Å². The minimum atomic E-state index is -0.173. The molecule has 8 aromatic rings. The molecule has 0 spiro atoms. The Morgan fingerprint density at radius 3 is 1.80 bits per heavy atom. The van der Waals surface area contributed by atoms with E-state index in [1.54, 1.807) is 0 Å². The van der Waals surface area contributed by atoms with Gasteiger partial charge >= 0.3 is 0 Å². The van der Waals surface area contributed by atoms with Gasteiger partial charge in [0.2, 0.25) is 0 Å². The van der Waals surface area contributed by atoms with Gasteiger partial charge in [0, 0.05) is 27.3 Å². The van der Waals surface area contributed by atoms with Crippen molar-refractivity contribution in [3.63, 3.8) is 0 Å². The molecule has 240 valence electrons. The SMILES string of the molecule is CC1(C)c2ccccc2-c2ccc(N3c4ccccc4C(C)(C)c4cc(-c5ccc(-c6ccc7oc8ccccc8c7c6)cc5)ccc43)cc21. The molecule has 1 aliphatic carbocycles. The summed E-state index contributed by atoms with van der Waals surface area (Å²) in [6, 6.07) is 55.7. The fourth-order valence-electron chi connectivity index (χ4n) is 8.75. The minimum absolute atomic E-state index is 0.0621. The molecule has 7 aromatic carbocycles. The molecule has 0 fully saturated rings. The molecule has 0 bridgehead atoms. The fourth-order valence-corrected chi connectivity index (χ4v) is 8.75. The van der Waals surface area contributed by atoms with Crippen LogP contribution in [0.5, 0.6) is 0 Å². The molecule has 0 radical (unpaired) electrons. The molecular weight excluding hydrogens is 607 g/mol. The van der Waals surface area contributed by atoms with Gasteiger partial charge in [-0.15, -0.1) is 0 Å². The van der Waals surface area contributed by atoms with Crippen LogP contribution in [0, 0.1) is 0 Å². The number of hydrogen-bond donors (Lipinski definition) is 0. The van der Waals surface area contributed by atoms with Gasteiger partial charge in [0.25, 0.3) is 0 Å². The Kier molecular flexibility index (Phi) is 6.01. The second-order valence-electron chi connectivity index (χ2n) is 15.0. The molecule has 1 aliphatic heterocycles. The third-order valence-corrected chi connectivity index (χ3v) is 11.5. The van der Waals surface area contributed by atoms with E-state index in [0.29, 0.717) is 0 Å². The number of hydrogen-bond acceptors (Lipinski definition) is 2. The summed E-state index contributed by atoms with van der Waals surface area (Å²) in [6.07, 6.45) is 0. The third-order valence-electron chi connectivity index (χ3n) is 11.5. The van der Waals surface area contributed by atoms with E-state index >= 15 is 0 Å². The Morgan fingerprint density at radius 2 is 0.980 bits per heavy atom. The van der Waals surface area contributed by atoms with Crippen molar-refractivity contribution in [2.75, 3.05) is 4.90 Å². The normalized spacial score (nSPS) is 15.1. The Labute approximate surface area is 293 Å². The van der Waals surface area contributed by atoms with Crippen LogP contribution >= 0.6 is 0 Å². The zero-order valence-corrected chi connectivity index (χ0v) is 28.8. The summed E-state index contributed by atoms with van der Waals surface area (Å²) in [6.45, 7) is 9.45. The van der Waals surface area contributed by atoms with Crippen LogP contribution in [0.3, 0.4) is 0 Å². The number of para-hydroxylation sites is 2. The highest BCUT2D eigenvalue weighted by molar-refractivity contribution is 6.06. The summed E-state index contributed by atoms with van der Waals surface area (Å²) in [5.74, 6) is 0. The van der Waals surface area contributed by atoms with Gasteiger partial charge in [-0.2, -0.15) is 0 Å². The topological polar surface area (TPSA) is 16.4 Å². The van der Waals surface area contributed by atoms with Crippen LogP contribution in [0.4, 0.5) is 17.1 Å². The first-order chi connectivity index (χ1) is 24.3. The highest BCUT2D eigenvalue weighted by atomic mass is 16.3. The lowest BCUT2D eigenvalue weighted by Gasteiger charge is -2.42. The van der Waals surface area contributed by atoms with E-state index in [4.69, 9.17) is 4.42 Å². The average Bonchev–Trinajstić information content (AvgIpc) is 3.63. The predicted molar refractivity (Wildman–Crippen MR) is 209 cm³/mol. The van der Waals surface area contributed by atoms with E-state index in [0.717, 1.165) is 21.9 Å². The van der Waals surface area contributed by atoms with Crippen LogP contribution in [0.1, 0.15) is 49.9 Å². The third kappa shape index (κ3) is 4.08. The molecule has 50 heavy (non-hydrogen) atoms. The van der Waals surface area contributed by atoms with E-state index in [9.17, 15) is 0 Å². The summed E-state index contributed by atoms with van der Waals surface area (Å²) in [5.41, 5.74) is 18.3. The summed E-state index contributed by atoms with van der Waals surface area (Å²) >= 11 is 0. The predicted octanol–water partition coefficient (Wildman–Crippen LogP) is 13.3. The van der Waals surface area contributed by atoms with Crippen molar-refractivity contribution in [2.45, 2.75) is 38.5 Å². The van der Waals surface area contributed by atoms with Crippen LogP contribution in [0.25, 0.3) is 55.3 Å². The van der Waals surface area contributed by atoms with Crippen LogP contribution in [0.2, 0.25) is 0 Å². The number of nitrogens with zero attached hydrogens (tertiary/aromatic N) is 1. The Balaban J connectivity index is 1.06. The molecule has 10 rings (SSSR count). The van der Waals surface area contributed by atoms with Crippen molar-refractivity contribution in [2.24, 2.45) is 0 Å². The summed E-state index contributed by atoms with van der Waals surface area (Å²) < 4.78 is 6.08. The Morgan fingerprint density at radius 1 is 0.400 bits per heavy atom. The van der Waals surface area contributed by atoms with Crippen molar-refractivity contribution < 1.29 is 4.42 Å². The average molecular weight is 644 g/mol. The van der Waals surface area contributed by atoms with Crippen molar-refractivity contribution in [1.82, 2.24) is 0 Å². The molecular formula is C48H37NO. The lowest BCUT2D eigenvalue weighted by molar-refractivity contribution is 0.631. The number of fused-ring (bicyclic) bond motifs is 8. The van der Waals surface area contributed by atoms with Gasteiger partial charge in [-0.05, 0) is 104 Å². The van der Waals surface area contributed by atoms with Gasteiger partial charge < -0.3 is 9.32 Å². The number of furan rings is 1. The lowest BCUT2D eigenvalue weighted by Crippen LogP contribution is -2.30. The Bertz CT molecular complexity index is 2650. The Hall–Kier alpha value is -5.86. The second-order valence-corrected chi connectivity index (χ2v) is 15.0. The van der Waals surface area contributed by atoms with E-state index in [1.165, 1.54) is 72.7 Å². The maximum absolute atomic E-state index is 6.08. The zero-order chi connectivity index (χ0) is 33.8. The summed E-state index contributed by atoms with van der Waals surface area (Å²) in [5, 5.41) is 2.31. The first kappa shape index (κ1) is 29.1. The highest BCUT2D eigenvalue weighted by Gasteiger charge is 2.39. The second kappa shape index (κ2) is 10.3. The molecule has 0 atom stereocenters. The van der Waals surface area contributed by atoms with E-state index in [2.05, 4.69) is 172 Å². The van der Waals surface area contributed by atoms with Gasteiger partial charge in [-0.25, -0.2) is 0 Å². The molecule has 0 saturated carbocycles. The van der Waals surface area contributed by atoms with Crippen molar-refractivity contribution in [1.29, 1.82) is 0 Å². The van der Waals surface area contributed by atoms with E-state index in [-0.39, 0.29) is 10.8 Å². The molecule has 2 heterocycles. The largest absolute Gasteiger partial charge is 0.456 e. The zero-order valence-electron chi connectivity index (χ0n) is 28.8. The molecule has 2 heteroatoms. The smallest absolute Gasteiger partial charge is 0.135 e. The van der Waals surface area contributed by atoms with E-state index in [1.807, 2.05) is 12.1 Å². The fraction of sp³-hybridized carbons (Fsp3) is 0.125. The number of anilines is 3. The van der Waals surface area contributed by atoms with E-state index < -0.39 is 0 Å². The first-order valence-corrected chi connectivity index (χ1v) is 17.6. The molecule has 1 aromatic heterocycles. The maximum atomic E-state index is 6.08. The van der Waals surface area contributed by atoms with Crippen molar-refractivity contribution in [3.05, 3.63) is 174 Å². The van der Waals surface area contributed by atoms with Crippen molar-refractivity contribution >= 4 is 39.0 Å². The summed E-state index contributed by atoms with van der Waals surface area (Å²) in [4.78, 5) is 2.48. The molecule has 2 aliphatic rings. The standard InChI is InChI=1S/C48H37NO/c1-47(2)39-13-7-5-11-35(39)36-24-23-34(29-41(36)47)49-43-15-9-8-14-40(43)48(3,4)42-28-33(21-25-44(42)49)31-19-17-30(18-20-31)32-22-26-46-38(27-32)37-12-6-10-16-45(37)50-46/h5-29H,1-4H3. The highest BCUT2D eigenvalue weighted by Crippen LogP contribution is 2.55. The van der Waals surface area contributed by atoms with Crippen LogP contribution < -0.4 is 4.90 Å². The quantitative estimate of drug-likeness (QED) is 0.190.